The third-order valence-electron chi connectivity index (χ3n) is 4.76. The van der Waals surface area contributed by atoms with Crippen molar-refractivity contribution in [2.45, 2.75) is 64.3 Å². The van der Waals surface area contributed by atoms with Gasteiger partial charge < -0.3 is 0 Å². The predicted octanol–water partition coefficient (Wildman–Crippen LogP) is 3.74. The molecule has 1 unspecified atom stereocenters. The summed E-state index contributed by atoms with van der Waals surface area (Å²) in [5.74, 6) is 1.10. The summed E-state index contributed by atoms with van der Waals surface area (Å²) in [6, 6.07) is 0.861. The quantitative estimate of drug-likeness (QED) is 0.734. The third kappa shape index (κ3) is 2.76. The van der Waals surface area contributed by atoms with Crippen molar-refractivity contribution in [3.05, 3.63) is 0 Å². The van der Waals surface area contributed by atoms with Gasteiger partial charge in [-0.05, 0) is 49.8 Å². The first-order valence-electron chi connectivity index (χ1n) is 7.14. The molecule has 1 nitrogen and oxygen atoms in total. The highest BCUT2D eigenvalue weighted by atomic mass is 32.1. The molecule has 1 aliphatic heterocycles. The molecule has 0 aromatic carbocycles. The molecule has 2 heteroatoms. The Morgan fingerprint density at radius 2 is 2.00 bits per heavy atom. The van der Waals surface area contributed by atoms with Gasteiger partial charge in [-0.2, -0.15) is 12.6 Å². The zero-order valence-corrected chi connectivity index (χ0v) is 11.6. The van der Waals surface area contributed by atoms with Gasteiger partial charge in [-0.3, -0.25) is 4.90 Å². The van der Waals surface area contributed by atoms with E-state index in [4.69, 9.17) is 0 Å². The van der Waals surface area contributed by atoms with Crippen LogP contribution in [0, 0.1) is 5.41 Å². The van der Waals surface area contributed by atoms with E-state index in [0.717, 1.165) is 11.8 Å². The van der Waals surface area contributed by atoms with Gasteiger partial charge >= 0.3 is 0 Å². The van der Waals surface area contributed by atoms with Crippen molar-refractivity contribution in [2.24, 2.45) is 5.41 Å². The van der Waals surface area contributed by atoms with E-state index in [1.807, 2.05) is 0 Å². The second-order valence-electron chi connectivity index (χ2n) is 5.89. The normalized spacial score (nSPS) is 30.8. The summed E-state index contributed by atoms with van der Waals surface area (Å²) < 4.78 is 0. The summed E-state index contributed by atoms with van der Waals surface area (Å²) in [6.07, 6.45) is 11.3. The van der Waals surface area contributed by atoms with Crippen LogP contribution in [-0.2, 0) is 0 Å². The van der Waals surface area contributed by atoms with Crippen molar-refractivity contribution < 1.29 is 0 Å². The van der Waals surface area contributed by atoms with Gasteiger partial charge in [-0.15, -0.1) is 0 Å². The van der Waals surface area contributed by atoms with Gasteiger partial charge in [-0.25, -0.2) is 0 Å². The summed E-state index contributed by atoms with van der Waals surface area (Å²) in [5.41, 5.74) is 0.584. The maximum absolute atomic E-state index is 4.59. The number of nitrogens with zero attached hydrogens (tertiary/aromatic N) is 1. The second-order valence-corrected chi connectivity index (χ2v) is 6.21. The number of hydrogen-bond donors (Lipinski definition) is 1. The van der Waals surface area contributed by atoms with Gasteiger partial charge in [0.25, 0.3) is 0 Å². The van der Waals surface area contributed by atoms with Gasteiger partial charge in [0.1, 0.15) is 0 Å². The van der Waals surface area contributed by atoms with Crippen LogP contribution in [-0.4, -0.2) is 29.8 Å². The summed E-state index contributed by atoms with van der Waals surface area (Å²) in [5, 5.41) is 0. The van der Waals surface area contributed by atoms with Gasteiger partial charge in [-0.1, -0.05) is 26.2 Å². The minimum atomic E-state index is 0.584. The van der Waals surface area contributed by atoms with Crippen LogP contribution in [0.2, 0.25) is 0 Å². The predicted molar refractivity (Wildman–Crippen MR) is 74.3 cm³/mol. The molecule has 16 heavy (non-hydrogen) atoms. The summed E-state index contributed by atoms with van der Waals surface area (Å²) in [7, 11) is 0. The van der Waals surface area contributed by atoms with E-state index in [-0.39, 0.29) is 0 Å². The summed E-state index contributed by atoms with van der Waals surface area (Å²) in [4.78, 5) is 2.79. The number of thiol groups is 1. The van der Waals surface area contributed by atoms with Gasteiger partial charge in [0.2, 0.25) is 0 Å². The van der Waals surface area contributed by atoms with Crippen LogP contribution < -0.4 is 0 Å². The molecule has 1 aliphatic carbocycles. The molecule has 0 radical (unpaired) electrons. The number of hydrogen-bond acceptors (Lipinski definition) is 2. The van der Waals surface area contributed by atoms with Crippen LogP contribution in [0.25, 0.3) is 0 Å². The zero-order valence-electron chi connectivity index (χ0n) is 10.7. The molecule has 1 saturated carbocycles. The fourth-order valence-electron chi connectivity index (χ4n) is 3.38. The SMILES string of the molecule is CCC1CCCCCN1CC1(CS)CCC1. The highest BCUT2D eigenvalue weighted by Gasteiger charge is 2.38. The smallest absolute Gasteiger partial charge is 0.00928 e. The first-order valence-corrected chi connectivity index (χ1v) is 7.78. The Labute approximate surface area is 106 Å². The van der Waals surface area contributed by atoms with Crippen molar-refractivity contribution in [3.8, 4) is 0 Å². The largest absolute Gasteiger partial charge is 0.300 e. The van der Waals surface area contributed by atoms with Crippen molar-refractivity contribution in [1.29, 1.82) is 0 Å². The Hall–Kier alpha value is 0.310. The number of likely N-dealkylation sites (tertiary alicyclic amines) is 1. The van der Waals surface area contributed by atoms with Crippen molar-refractivity contribution in [2.75, 3.05) is 18.8 Å². The lowest BCUT2D eigenvalue weighted by Gasteiger charge is -2.46. The Morgan fingerprint density at radius 1 is 1.19 bits per heavy atom. The van der Waals surface area contributed by atoms with E-state index in [1.165, 1.54) is 64.5 Å². The molecule has 0 amide bonds. The highest BCUT2D eigenvalue weighted by Crippen LogP contribution is 2.43. The van der Waals surface area contributed by atoms with E-state index in [0.29, 0.717) is 5.41 Å². The topological polar surface area (TPSA) is 3.24 Å². The molecule has 2 aliphatic rings. The van der Waals surface area contributed by atoms with E-state index >= 15 is 0 Å². The van der Waals surface area contributed by atoms with E-state index < -0.39 is 0 Å². The first-order chi connectivity index (χ1) is 7.79. The molecule has 0 spiro atoms. The van der Waals surface area contributed by atoms with Crippen LogP contribution in [0.1, 0.15) is 58.3 Å². The van der Waals surface area contributed by atoms with Crippen LogP contribution >= 0.6 is 12.6 Å². The van der Waals surface area contributed by atoms with Crippen LogP contribution in [0.3, 0.4) is 0 Å². The molecule has 0 aromatic heterocycles. The zero-order chi connectivity index (χ0) is 11.4. The molecule has 0 N–H and O–H groups in total. The minimum Gasteiger partial charge on any atom is -0.300 e. The lowest BCUT2D eigenvalue weighted by atomic mass is 9.69. The lowest BCUT2D eigenvalue weighted by Crippen LogP contribution is -2.47. The Bertz CT molecular complexity index is 207. The maximum atomic E-state index is 4.59. The minimum absolute atomic E-state index is 0.584. The molecular formula is C14H27NS. The first kappa shape index (κ1) is 12.8. The second kappa shape index (κ2) is 5.77. The van der Waals surface area contributed by atoms with Crippen LogP contribution in [0.4, 0.5) is 0 Å². The average Bonchev–Trinajstić information content (AvgIpc) is 2.48. The van der Waals surface area contributed by atoms with E-state index in [9.17, 15) is 0 Å². The van der Waals surface area contributed by atoms with Gasteiger partial charge in [0.05, 0.1) is 0 Å². The fourth-order valence-corrected chi connectivity index (χ4v) is 3.80. The standard InChI is InChI=1S/C14H27NS/c1-2-13-7-4-3-5-10-15(13)11-14(12-16)8-6-9-14/h13,16H,2-12H2,1H3. The van der Waals surface area contributed by atoms with Gasteiger partial charge in [0.15, 0.2) is 0 Å². The maximum Gasteiger partial charge on any atom is 0.00928 e. The highest BCUT2D eigenvalue weighted by molar-refractivity contribution is 7.80. The molecule has 94 valence electrons. The van der Waals surface area contributed by atoms with E-state index in [2.05, 4.69) is 24.5 Å². The molecular weight excluding hydrogens is 214 g/mol. The monoisotopic (exact) mass is 241 g/mol. The third-order valence-corrected chi connectivity index (χ3v) is 5.43. The molecule has 1 heterocycles. The lowest BCUT2D eigenvalue weighted by molar-refractivity contribution is 0.0640. The fraction of sp³-hybridized carbons (Fsp3) is 1.00. The van der Waals surface area contributed by atoms with Crippen molar-refractivity contribution >= 4 is 12.6 Å². The molecule has 1 saturated heterocycles. The molecule has 0 bridgehead atoms. The molecule has 1 atom stereocenters. The van der Waals surface area contributed by atoms with Crippen molar-refractivity contribution in [1.82, 2.24) is 4.90 Å². The van der Waals surface area contributed by atoms with Gasteiger partial charge in [0, 0.05) is 12.6 Å². The Balaban J connectivity index is 1.94. The average molecular weight is 241 g/mol. The molecule has 2 fully saturated rings. The molecule has 2 rings (SSSR count). The van der Waals surface area contributed by atoms with Crippen molar-refractivity contribution in [3.63, 3.8) is 0 Å². The van der Waals surface area contributed by atoms with Crippen LogP contribution in [0.5, 0.6) is 0 Å². The summed E-state index contributed by atoms with van der Waals surface area (Å²) >= 11 is 4.59. The van der Waals surface area contributed by atoms with E-state index in [1.54, 1.807) is 0 Å². The molecule has 0 aromatic rings. The Morgan fingerprint density at radius 3 is 2.56 bits per heavy atom. The Kier molecular flexibility index (Phi) is 4.60. The van der Waals surface area contributed by atoms with Crippen LogP contribution in [0.15, 0.2) is 0 Å². The number of rotatable bonds is 4. The summed E-state index contributed by atoms with van der Waals surface area (Å²) in [6.45, 7) is 5.03.